The van der Waals surface area contributed by atoms with Crippen LogP contribution >= 0.6 is 15.9 Å². The van der Waals surface area contributed by atoms with Crippen molar-refractivity contribution in [3.8, 4) is 5.75 Å². The van der Waals surface area contributed by atoms with Gasteiger partial charge in [0.05, 0.1) is 23.0 Å². The minimum Gasteiger partial charge on any atom is -0.495 e. The molecule has 2 aromatic rings. The molecule has 0 amide bonds. The molecule has 0 radical (unpaired) electrons. The van der Waals surface area contributed by atoms with Gasteiger partial charge in [-0.2, -0.15) is 0 Å². The van der Waals surface area contributed by atoms with Crippen LogP contribution in [0, 0.1) is 0 Å². The maximum absolute atomic E-state index is 5.87. The summed E-state index contributed by atoms with van der Waals surface area (Å²) in [6.45, 7) is 0. The number of benzene rings is 2. The van der Waals surface area contributed by atoms with Gasteiger partial charge in [-0.15, -0.1) is 0 Å². The largest absolute Gasteiger partial charge is 0.495 e. The van der Waals surface area contributed by atoms with E-state index in [1.165, 1.54) is 0 Å². The van der Waals surface area contributed by atoms with E-state index in [-0.39, 0.29) is 0 Å². The van der Waals surface area contributed by atoms with Crippen molar-refractivity contribution in [3.05, 3.63) is 46.9 Å². The number of methoxy groups -OCH3 is 1. The zero-order valence-electron chi connectivity index (χ0n) is 9.41. The first-order valence-corrected chi connectivity index (χ1v) is 5.95. The Morgan fingerprint density at radius 1 is 1.18 bits per heavy atom. The fourth-order valence-electron chi connectivity index (χ4n) is 1.50. The third kappa shape index (κ3) is 2.71. The molecule has 88 valence electrons. The molecule has 0 bridgehead atoms. The Kier molecular flexibility index (Phi) is 3.54. The molecule has 0 atom stereocenters. The van der Waals surface area contributed by atoms with Gasteiger partial charge in [0.25, 0.3) is 0 Å². The number of nitrogen functional groups attached to an aromatic ring is 1. The lowest BCUT2D eigenvalue weighted by molar-refractivity contribution is 0.412. The lowest BCUT2D eigenvalue weighted by Gasteiger charge is -2.11. The Hall–Kier alpha value is -1.68. The molecule has 17 heavy (non-hydrogen) atoms. The first-order chi connectivity index (χ1) is 8.20. The second kappa shape index (κ2) is 5.10. The number of nitrogens with one attached hydrogen (secondary N) is 1. The molecular formula is C13H13BrN2O. The molecule has 0 fully saturated rings. The molecule has 0 aliphatic rings. The monoisotopic (exact) mass is 292 g/mol. The summed E-state index contributed by atoms with van der Waals surface area (Å²) in [7, 11) is 1.64. The Morgan fingerprint density at radius 2 is 1.94 bits per heavy atom. The van der Waals surface area contributed by atoms with E-state index in [0.717, 1.165) is 27.3 Å². The zero-order chi connectivity index (χ0) is 12.3. The third-order valence-electron chi connectivity index (χ3n) is 2.39. The lowest BCUT2D eigenvalue weighted by Crippen LogP contribution is -1.96. The number of anilines is 3. The maximum atomic E-state index is 5.87. The number of hydrogen-bond donors (Lipinski definition) is 2. The molecule has 0 heterocycles. The first kappa shape index (κ1) is 11.8. The Balaban J connectivity index is 2.28. The molecule has 0 aromatic heterocycles. The topological polar surface area (TPSA) is 47.3 Å². The van der Waals surface area contributed by atoms with E-state index in [2.05, 4.69) is 21.2 Å². The summed E-state index contributed by atoms with van der Waals surface area (Å²) in [4.78, 5) is 0. The zero-order valence-corrected chi connectivity index (χ0v) is 11.0. The summed E-state index contributed by atoms with van der Waals surface area (Å²) < 4.78 is 6.16. The van der Waals surface area contributed by atoms with E-state index in [9.17, 15) is 0 Å². The summed E-state index contributed by atoms with van der Waals surface area (Å²) in [5.41, 5.74) is 8.40. The van der Waals surface area contributed by atoms with Crippen molar-refractivity contribution in [1.82, 2.24) is 0 Å². The van der Waals surface area contributed by atoms with Gasteiger partial charge >= 0.3 is 0 Å². The van der Waals surface area contributed by atoms with Gasteiger partial charge in [-0.05, 0) is 40.2 Å². The average Bonchev–Trinajstić information content (AvgIpc) is 2.34. The number of nitrogens with two attached hydrogens (primary N) is 1. The summed E-state index contributed by atoms with van der Waals surface area (Å²) in [6, 6.07) is 13.4. The van der Waals surface area contributed by atoms with Crippen molar-refractivity contribution >= 4 is 33.0 Å². The van der Waals surface area contributed by atoms with Crippen LogP contribution < -0.4 is 15.8 Å². The van der Waals surface area contributed by atoms with Gasteiger partial charge in [-0.25, -0.2) is 0 Å². The highest BCUT2D eigenvalue weighted by molar-refractivity contribution is 9.10. The van der Waals surface area contributed by atoms with E-state index in [4.69, 9.17) is 10.5 Å². The minimum atomic E-state index is 0.717. The quantitative estimate of drug-likeness (QED) is 0.847. The second-order valence-electron chi connectivity index (χ2n) is 3.56. The van der Waals surface area contributed by atoms with Gasteiger partial charge in [-0.1, -0.05) is 12.1 Å². The van der Waals surface area contributed by atoms with E-state index in [1.54, 1.807) is 7.11 Å². The van der Waals surface area contributed by atoms with Crippen LogP contribution in [0.25, 0.3) is 0 Å². The van der Waals surface area contributed by atoms with Crippen molar-refractivity contribution in [2.75, 3.05) is 18.2 Å². The van der Waals surface area contributed by atoms with Crippen molar-refractivity contribution in [2.24, 2.45) is 0 Å². The SMILES string of the molecule is COc1cc(Nc2ccccc2N)ccc1Br. The Bertz CT molecular complexity index is 529. The first-order valence-electron chi connectivity index (χ1n) is 5.16. The van der Waals surface area contributed by atoms with Crippen LogP contribution in [0.1, 0.15) is 0 Å². The molecule has 0 aliphatic heterocycles. The van der Waals surface area contributed by atoms with E-state index < -0.39 is 0 Å². The van der Waals surface area contributed by atoms with Crippen LogP contribution in [0.15, 0.2) is 46.9 Å². The van der Waals surface area contributed by atoms with Gasteiger partial charge in [0, 0.05) is 11.8 Å². The molecule has 2 aromatic carbocycles. The summed E-state index contributed by atoms with van der Waals surface area (Å²) in [6.07, 6.45) is 0. The molecule has 0 saturated carbocycles. The fourth-order valence-corrected chi connectivity index (χ4v) is 1.91. The highest BCUT2D eigenvalue weighted by atomic mass is 79.9. The van der Waals surface area contributed by atoms with E-state index in [0.29, 0.717) is 0 Å². The van der Waals surface area contributed by atoms with Crippen LogP contribution in [0.5, 0.6) is 5.75 Å². The van der Waals surface area contributed by atoms with Crippen LogP contribution in [0.2, 0.25) is 0 Å². The van der Waals surface area contributed by atoms with Gasteiger partial charge in [0.2, 0.25) is 0 Å². The van der Waals surface area contributed by atoms with Gasteiger partial charge < -0.3 is 15.8 Å². The fraction of sp³-hybridized carbons (Fsp3) is 0.0769. The van der Waals surface area contributed by atoms with Crippen molar-refractivity contribution in [2.45, 2.75) is 0 Å². The smallest absolute Gasteiger partial charge is 0.135 e. The van der Waals surface area contributed by atoms with Gasteiger partial charge in [0.1, 0.15) is 5.75 Å². The molecular weight excluding hydrogens is 280 g/mol. The number of halogens is 1. The standard InChI is InChI=1S/C13H13BrN2O/c1-17-13-8-9(6-7-10(13)14)16-12-5-3-2-4-11(12)15/h2-8,16H,15H2,1H3. The average molecular weight is 293 g/mol. The van der Waals surface area contributed by atoms with Crippen LogP contribution in [-0.2, 0) is 0 Å². The van der Waals surface area contributed by atoms with Crippen LogP contribution in [0.3, 0.4) is 0 Å². The van der Waals surface area contributed by atoms with Crippen molar-refractivity contribution < 1.29 is 4.74 Å². The molecule has 0 saturated heterocycles. The second-order valence-corrected chi connectivity index (χ2v) is 4.42. The molecule has 0 aliphatic carbocycles. The number of hydrogen-bond acceptors (Lipinski definition) is 3. The van der Waals surface area contributed by atoms with Gasteiger partial charge in [0.15, 0.2) is 0 Å². The van der Waals surface area contributed by atoms with Gasteiger partial charge in [-0.3, -0.25) is 0 Å². The molecule has 0 unspecified atom stereocenters. The summed E-state index contributed by atoms with van der Waals surface area (Å²) in [5.74, 6) is 0.782. The molecule has 0 spiro atoms. The highest BCUT2D eigenvalue weighted by Crippen LogP contribution is 2.30. The van der Waals surface area contributed by atoms with Crippen molar-refractivity contribution in [3.63, 3.8) is 0 Å². The summed E-state index contributed by atoms with van der Waals surface area (Å²) in [5, 5.41) is 3.25. The van der Waals surface area contributed by atoms with Crippen LogP contribution in [0.4, 0.5) is 17.1 Å². The van der Waals surface area contributed by atoms with Crippen molar-refractivity contribution in [1.29, 1.82) is 0 Å². The minimum absolute atomic E-state index is 0.717. The Morgan fingerprint density at radius 3 is 2.65 bits per heavy atom. The molecule has 3 N–H and O–H groups in total. The molecule has 2 rings (SSSR count). The van der Waals surface area contributed by atoms with Crippen LogP contribution in [-0.4, -0.2) is 7.11 Å². The molecule has 3 nitrogen and oxygen atoms in total. The number of rotatable bonds is 3. The highest BCUT2D eigenvalue weighted by Gasteiger charge is 2.03. The summed E-state index contributed by atoms with van der Waals surface area (Å²) >= 11 is 3.41. The third-order valence-corrected chi connectivity index (χ3v) is 3.05. The number of para-hydroxylation sites is 2. The predicted molar refractivity (Wildman–Crippen MR) is 74.8 cm³/mol. The van der Waals surface area contributed by atoms with E-state index >= 15 is 0 Å². The number of ether oxygens (including phenoxy) is 1. The predicted octanol–water partition coefficient (Wildman–Crippen LogP) is 3.78. The molecule has 4 heteroatoms. The lowest BCUT2D eigenvalue weighted by atomic mass is 10.2. The maximum Gasteiger partial charge on any atom is 0.135 e. The Labute approximate surface area is 109 Å². The van der Waals surface area contributed by atoms with E-state index in [1.807, 2.05) is 42.5 Å². The normalized spacial score (nSPS) is 10.0.